The molecule has 1 aliphatic rings. The van der Waals surface area contributed by atoms with E-state index in [-0.39, 0.29) is 22.7 Å². The van der Waals surface area contributed by atoms with Crippen LogP contribution in [0.2, 0.25) is 0 Å². The third kappa shape index (κ3) is 3.58. The average Bonchev–Trinajstić information content (AvgIpc) is 2.46. The van der Waals surface area contributed by atoms with Crippen molar-refractivity contribution in [2.45, 2.75) is 72.8 Å². The van der Waals surface area contributed by atoms with Crippen molar-refractivity contribution in [3.8, 4) is 0 Å². The number of aldehydes is 1. The van der Waals surface area contributed by atoms with Crippen LogP contribution in [0, 0.1) is 16.7 Å². The van der Waals surface area contributed by atoms with Crippen LogP contribution in [0.25, 0.3) is 0 Å². The summed E-state index contributed by atoms with van der Waals surface area (Å²) >= 11 is 0. The van der Waals surface area contributed by atoms with E-state index in [0.717, 1.165) is 25.5 Å². The lowest BCUT2D eigenvalue weighted by atomic mass is 9.64. The Morgan fingerprint density at radius 1 is 1.32 bits per heavy atom. The van der Waals surface area contributed by atoms with Gasteiger partial charge in [0.05, 0.1) is 0 Å². The standard InChI is InChI=1S/C16H28O3/c1-14(2,3)19-13(18)8-10-16(6)9-7-12(11-17)15(16,4)5/h11-12H,7-10H2,1-6H3/t12-,16+/m1/s1. The molecule has 0 bridgehead atoms. The summed E-state index contributed by atoms with van der Waals surface area (Å²) in [5, 5.41) is 0. The highest BCUT2D eigenvalue weighted by atomic mass is 16.6. The first-order chi connectivity index (χ1) is 8.52. The van der Waals surface area contributed by atoms with Crippen molar-refractivity contribution < 1.29 is 14.3 Å². The molecule has 0 aromatic rings. The van der Waals surface area contributed by atoms with Crippen LogP contribution in [0.1, 0.15) is 67.2 Å². The molecule has 0 unspecified atom stereocenters. The van der Waals surface area contributed by atoms with Crippen molar-refractivity contribution in [3.05, 3.63) is 0 Å². The van der Waals surface area contributed by atoms with E-state index in [4.69, 9.17) is 4.74 Å². The van der Waals surface area contributed by atoms with Crippen LogP contribution in [-0.4, -0.2) is 17.9 Å². The number of hydrogen-bond acceptors (Lipinski definition) is 3. The lowest BCUT2D eigenvalue weighted by molar-refractivity contribution is -0.155. The van der Waals surface area contributed by atoms with Crippen molar-refractivity contribution in [2.75, 3.05) is 0 Å². The zero-order valence-electron chi connectivity index (χ0n) is 13.2. The Kier molecular flexibility index (Phi) is 4.48. The predicted octanol–water partition coefficient (Wildman–Crippen LogP) is 3.75. The van der Waals surface area contributed by atoms with Gasteiger partial charge in [0.15, 0.2) is 0 Å². The number of carbonyl (C=O) groups is 2. The summed E-state index contributed by atoms with van der Waals surface area (Å²) in [5.74, 6) is -0.0322. The molecule has 19 heavy (non-hydrogen) atoms. The molecular formula is C16H28O3. The second kappa shape index (κ2) is 5.26. The SMILES string of the molecule is CC(C)(C)OC(=O)CC[C@]1(C)CC[C@H](C=O)C1(C)C. The molecule has 0 aliphatic heterocycles. The largest absolute Gasteiger partial charge is 0.460 e. The minimum atomic E-state index is -0.422. The molecule has 1 fully saturated rings. The molecule has 110 valence electrons. The van der Waals surface area contributed by atoms with E-state index < -0.39 is 5.60 Å². The van der Waals surface area contributed by atoms with Crippen molar-refractivity contribution >= 4 is 12.3 Å². The molecule has 3 nitrogen and oxygen atoms in total. The second-order valence-corrected chi connectivity index (χ2v) is 7.65. The van der Waals surface area contributed by atoms with Crippen LogP contribution >= 0.6 is 0 Å². The lowest BCUT2D eigenvalue weighted by Crippen LogP contribution is -2.35. The van der Waals surface area contributed by atoms with Crippen LogP contribution < -0.4 is 0 Å². The molecule has 0 aromatic carbocycles. The number of hydrogen-bond donors (Lipinski definition) is 0. The predicted molar refractivity (Wildman–Crippen MR) is 75.8 cm³/mol. The van der Waals surface area contributed by atoms with Gasteiger partial charge in [-0.2, -0.15) is 0 Å². The van der Waals surface area contributed by atoms with Gasteiger partial charge < -0.3 is 9.53 Å². The van der Waals surface area contributed by atoms with Crippen molar-refractivity contribution in [3.63, 3.8) is 0 Å². The summed E-state index contributed by atoms with van der Waals surface area (Å²) in [4.78, 5) is 23.0. The molecule has 0 amide bonds. The maximum absolute atomic E-state index is 11.8. The van der Waals surface area contributed by atoms with Crippen molar-refractivity contribution in [2.24, 2.45) is 16.7 Å². The molecule has 2 atom stereocenters. The first kappa shape index (κ1) is 16.2. The molecule has 0 radical (unpaired) electrons. The Hall–Kier alpha value is -0.860. The average molecular weight is 268 g/mol. The molecular weight excluding hydrogens is 240 g/mol. The first-order valence-corrected chi connectivity index (χ1v) is 7.19. The van der Waals surface area contributed by atoms with Gasteiger partial charge >= 0.3 is 5.97 Å². The van der Waals surface area contributed by atoms with Crippen LogP contribution in [0.15, 0.2) is 0 Å². The third-order valence-corrected chi connectivity index (χ3v) is 4.95. The van der Waals surface area contributed by atoms with E-state index >= 15 is 0 Å². The molecule has 0 N–H and O–H groups in total. The molecule has 0 spiro atoms. The van der Waals surface area contributed by atoms with Crippen LogP contribution in [-0.2, 0) is 14.3 Å². The van der Waals surface area contributed by atoms with Crippen LogP contribution in [0.4, 0.5) is 0 Å². The van der Waals surface area contributed by atoms with Gasteiger partial charge in [0.2, 0.25) is 0 Å². The van der Waals surface area contributed by atoms with Gasteiger partial charge in [-0.1, -0.05) is 20.8 Å². The fourth-order valence-corrected chi connectivity index (χ4v) is 3.06. The quantitative estimate of drug-likeness (QED) is 0.576. The fourth-order valence-electron chi connectivity index (χ4n) is 3.06. The summed E-state index contributed by atoms with van der Waals surface area (Å²) in [6, 6.07) is 0. The molecule has 1 aliphatic carbocycles. The van der Waals surface area contributed by atoms with Crippen LogP contribution in [0.5, 0.6) is 0 Å². The zero-order chi connectivity index (χ0) is 14.9. The van der Waals surface area contributed by atoms with E-state index in [0.29, 0.717) is 6.42 Å². The Labute approximate surface area is 117 Å². The van der Waals surface area contributed by atoms with E-state index in [1.54, 1.807) is 0 Å². The summed E-state index contributed by atoms with van der Waals surface area (Å²) in [7, 11) is 0. The van der Waals surface area contributed by atoms with Gasteiger partial charge in [-0.05, 0) is 50.9 Å². The fraction of sp³-hybridized carbons (Fsp3) is 0.875. The van der Waals surface area contributed by atoms with Crippen molar-refractivity contribution in [1.29, 1.82) is 0 Å². The highest BCUT2D eigenvalue weighted by molar-refractivity contribution is 5.70. The molecule has 1 saturated carbocycles. The summed E-state index contributed by atoms with van der Waals surface area (Å²) < 4.78 is 5.36. The zero-order valence-corrected chi connectivity index (χ0v) is 13.2. The third-order valence-electron chi connectivity index (χ3n) is 4.95. The molecule has 1 rings (SSSR count). The molecule has 0 aromatic heterocycles. The maximum Gasteiger partial charge on any atom is 0.306 e. The first-order valence-electron chi connectivity index (χ1n) is 7.19. The maximum atomic E-state index is 11.8. The topological polar surface area (TPSA) is 43.4 Å². The highest BCUT2D eigenvalue weighted by Crippen LogP contribution is 2.57. The Bertz CT molecular complexity index is 351. The monoisotopic (exact) mass is 268 g/mol. The number of carbonyl (C=O) groups excluding carboxylic acids is 2. The Morgan fingerprint density at radius 2 is 1.89 bits per heavy atom. The minimum Gasteiger partial charge on any atom is -0.460 e. The van der Waals surface area contributed by atoms with Crippen molar-refractivity contribution in [1.82, 2.24) is 0 Å². The summed E-state index contributed by atoms with van der Waals surface area (Å²) in [5.41, 5.74) is -0.430. The van der Waals surface area contributed by atoms with Gasteiger partial charge in [-0.3, -0.25) is 4.79 Å². The summed E-state index contributed by atoms with van der Waals surface area (Å²) in [6.07, 6.45) is 4.24. The lowest BCUT2D eigenvalue weighted by Gasteiger charge is -2.40. The Balaban J connectivity index is 2.62. The van der Waals surface area contributed by atoms with Gasteiger partial charge in [0, 0.05) is 12.3 Å². The van der Waals surface area contributed by atoms with Gasteiger partial charge in [0.1, 0.15) is 11.9 Å². The smallest absolute Gasteiger partial charge is 0.306 e. The molecule has 3 heteroatoms. The van der Waals surface area contributed by atoms with Crippen LogP contribution in [0.3, 0.4) is 0 Å². The molecule has 0 saturated heterocycles. The highest BCUT2D eigenvalue weighted by Gasteiger charge is 2.51. The van der Waals surface area contributed by atoms with Gasteiger partial charge in [-0.15, -0.1) is 0 Å². The van der Waals surface area contributed by atoms with Gasteiger partial charge in [0.25, 0.3) is 0 Å². The van der Waals surface area contributed by atoms with Gasteiger partial charge in [-0.25, -0.2) is 0 Å². The van der Waals surface area contributed by atoms with E-state index in [1.165, 1.54) is 0 Å². The summed E-state index contributed by atoms with van der Waals surface area (Å²) in [6.45, 7) is 12.1. The van der Waals surface area contributed by atoms with E-state index in [2.05, 4.69) is 20.8 Å². The van der Waals surface area contributed by atoms with E-state index in [9.17, 15) is 9.59 Å². The normalized spacial score (nSPS) is 30.1. The number of esters is 1. The second-order valence-electron chi connectivity index (χ2n) is 7.65. The molecule has 0 heterocycles. The Morgan fingerprint density at radius 3 is 2.32 bits per heavy atom. The van der Waals surface area contributed by atoms with E-state index in [1.807, 2.05) is 20.8 Å². The number of rotatable bonds is 4. The number of ether oxygens (including phenoxy) is 1. The minimum absolute atomic E-state index is 0.0372.